The molecule has 8 heteroatoms. The summed E-state index contributed by atoms with van der Waals surface area (Å²) in [4.78, 5) is 0. The van der Waals surface area contributed by atoms with Crippen LogP contribution < -0.4 is 28.4 Å². The first-order valence-corrected chi connectivity index (χ1v) is 11.8. The summed E-state index contributed by atoms with van der Waals surface area (Å²) in [5, 5.41) is 21.0. The van der Waals surface area contributed by atoms with Gasteiger partial charge in [0.2, 0.25) is 0 Å². The van der Waals surface area contributed by atoms with Gasteiger partial charge in [0.05, 0.1) is 34.0 Å². The molecule has 2 aliphatic rings. The Hall–Kier alpha value is -3.62. The minimum absolute atomic E-state index is 0.234. The highest BCUT2D eigenvalue weighted by atomic mass is 16.6. The van der Waals surface area contributed by atoms with Crippen LogP contribution in [0.1, 0.15) is 34.5 Å². The highest BCUT2D eigenvalue weighted by molar-refractivity contribution is 5.52. The smallest absolute Gasteiger partial charge is 0.163 e. The predicted molar refractivity (Wildman–Crippen MR) is 132 cm³/mol. The Morgan fingerprint density at radius 1 is 0.750 bits per heavy atom. The number of methoxy groups -OCH3 is 3. The van der Waals surface area contributed by atoms with Crippen molar-refractivity contribution >= 4 is 0 Å². The van der Waals surface area contributed by atoms with E-state index >= 15 is 0 Å². The zero-order valence-electron chi connectivity index (χ0n) is 20.7. The maximum Gasteiger partial charge on any atom is 0.163 e. The van der Waals surface area contributed by atoms with E-state index in [4.69, 9.17) is 28.4 Å². The summed E-state index contributed by atoms with van der Waals surface area (Å²) in [6, 6.07) is 14.8. The van der Waals surface area contributed by atoms with Crippen LogP contribution in [0.3, 0.4) is 0 Å². The molecule has 2 aliphatic heterocycles. The number of aliphatic hydroxyl groups excluding tert-OH is 2. The highest BCUT2D eigenvalue weighted by Gasteiger charge is 2.36. The fraction of sp³-hybridized carbons (Fsp3) is 0.357. The average Bonchev–Trinajstić information content (AvgIpc) is 2.91. The molecule has 0 amide bonds. The van der Waals surface area contributed by atoms with E-state index < -0.39 is 24.4 Å². The second kappa shape index (κ2) is 9.79. The largest absolute Gasteiger partial charge is 0.496 e. The summed E-state index contributed by atoms with van der Waals surface area (Å²) in [7, 11) is 4.75. The first kappa shape index (κ1) is 24.1. The quantitative estimate of drug-likeness (QED) is 0.532. The van der Waals surface area contributed by atoms with Crippen LogP contribution in [0, 0.1) is 6.92 Å². The van der Waals surface area contributed by atoms with Crippen molar-refractivity contribution in [2.75, 3.05) is 27.9 Å². The summed E-state index contributed by atoms with van der Waals surface area (Å²) >= 11 is 0. The van der Waals surface area contributed by atoms with E-state index in [1.165, 1.54) is 0 Å². The molecule has 0 aliphatic carbocycles. The van der Waals surface area contributed by atoms with Crippen LogP contribution in [0.15, 0.2) is 48.5 Å². The fourth-order valence-electron chi connectivity index (χ4n) is 4.84. The second-order valence-corrected chi connectivity index (χ2v) is 8.95. The van der Waals surface area contributed by atoms with Crippen molar-refractivity contribution in [2.24, 2.45) is 0 Å². The molecule has 2 heterocycles. The molecule has 0 spiro atoms. The van der Waals surface area contributed by atoms with Gasteiger partial charge in [-0.2, -0.15) is 0 Å². The van der Waals surface area contributed by atoms with E-state index in [-0.39, 0.29) is 6.61 Å². The van der Waals surface area contributed by atoms with Gasteiger partial charge in [-0.05, 0) is 54.4 Å². The first-order chi connectivity index (χ1) is 17.4. The Kier molecular flexibility index (Phi) is 6.55. The maximum atomic E-state index is 11.0. The third-order valence-corrected chi connectivity index (χ3v) is 6.63. The Balaban J connectivity index is 1.46. The predicted octanol–water partition coefficient (Wildman–Crippen LogP) is 3.93. The number of aryl methyl sites for hydroxylation is 1. The third kappa shape index (κ3) is 4.27. The van der Waals surface area contributed by atoms with Crippen molar-refractivity contribution in [3.63, 3.8) is 0 Å². The Labute approximate surface area is 209 Å². The summed E-state index contributed by atoms with van der Waals surface area (Å²) in [6.45, 7) is 1.74. The molecule has 36 heavy (non-hydrogen) atoms. The van der Waals surface area contributed by atoms with E-state index in [1.807, 2.05) is 43.3 Å². The monoisotopic (exact) mass is 494 g/mol. The number of hydrogen-bond donors (Lipinski definition) is 2. The fourth-order valence-corrected chi connectivity index (χ4v) is 4.84. The van der Waals surface area contributed by atoms with Gasteiger partial charge >= 0.3 is 0 Å². The van der Waals surface area contributed by atoms with Gasteiger partial charge in [-0.3, -0.25) is 0 Å². The van der Waals surface area contributed by atoms with Gasteiger partial charge in [0.15, 0.2) is 35.2 Å². The lowest BCUT2D eigenvalue weighted by Gasteiger charge is -2.35. The van der Waals surface area contributed by atoms with E-state index in [1.54, 1.807) is 33.5 Å². The summed E-state index contributed by atoms with van der Waals surface area (Å²) in [6.07, 6.45) is -2.15. The number of fused-ring (bicyclic) bond motifs is 2. The molecular formula is C28H30O8. The lowest BCUT2D eigenvalue weighted by molar-refractivity contribution is -0.0133. The van der Waals surface area contributed by atoms with E-state index in [0.29, 0.717) is 40.9 Å². The number of ether oxygens (including phenoxy) is 6. The standard InChI is InChI=1S/C28H30O8/c1-15-9-22(32-3)18-13-19(30)27(35-23(18)10-15)16-6-8-21-25(12-16)36-28(26(14-29)34-21)17-5-7-20(31-2)24(11-17)33-4/h5-12,19,26-30H,13-14H2,1-4H3/t19-,26+,27+,28+/m0/s1. The Morgan fingerprint density at radius 3 is 2.17 bits per heavy atom. The van der Waals surface area contributed by atoms with Gasteiger partial charge in [-0.15, -0.1) is 0 Å². The van der Waals surface area contributed by atoms with E-state index in [2.05, 4.69) is 0 Å². The second-order valence-electron chi connectivity index (χ2n) is 8.95. The molecule has 3 aromatic carbocycles. The Bertz CT molecular complexity index is 1260. The zero-order valence-corrected chi connectivity index (χ0v) is 20.7. The zero-order chi connectivity index (χ0) is 25.4. The van der Waals surface area contributed by atoms with Gasteiger partial charge in [0.1, 0.15) is 17.6 Å². The molecule has 0 bridgehead atoms. The number of hydrogen-bond acceptors (Lipinski definition) is 8. The van der Waals surface area contributed by atoms with Crippen LogP contribution in [-0.2, 0) is 6.42 Å². The molecule has 0 unspecified atom stereocenters. The molecule has 8 nitrogen and oxygen atoms in total. The van der Waals surface area contributed by atoms with Gasteiger partial charge in [-0.1, -0.05) is 12.1 Å². The van der Waals surface area contributed by atoms with Crippen molar-refractivity contribution in [1.29, 1.82) is 0 Å². The summed E-state index contributed by atoms with van der Waals surface area (Å²) in [5.74, 6) is 3.56. The Morgan fingerprint density at radius 2 is 1.44 bits per heavy atom. The minimum Gasteiger partial charge on any atom is -0.496 e. The van der Waals surface area contributed by atoms with Gasteiger partial charge in [-0.25, -0.2) is 0 Å². The van der Waals surface area contributed by atoms with Crippen molar-refractivity contribution < 1.29 is 38.6 Å². The van der Waals surface area contributed by atoms with Crippen LogP contribution >= 0.6 is 0 Å². The van der Waals surface area contributed by atoms with Gasteiger partial charge < -0.3 is 38.6 Å². The van der Waals surface area contributed by atoms with Crippen LogP contribution in [0.5, 0.6) is 34.5 Å². The number of aliphatic hydroxyl groups is 2. The molecule has 4 atom stereocenters. The van der Waals surface area contributed by atoms with Crippen LogP contribution in [0.2, 0.25) is 0 Å². The van der Waals surface area contributed by atoms with Gasteiger partial charge in [0.25, 0.3) is 0 Å². The minimum atomic E-state index is -0.775. The maximum absolute atomic E-state index is 11.0. The lowest BCUT2D eigenvalue weighted by atomic mass is 9.93. The number of rotatable bonds is 6. The van der Waals surface area contributed by atoms with Crippen molar-refractivity contribution in [1.82, 2.24) is 0 Å². The molecule has 0 saturated heterocycles. The van der Waals surface area contributed by atoms with Crippen LogP contribution in [0.4, 0.5) is 0 Å². The normalized spacial score (nSPS) is 22.3. The van der Waals surface area contributed by atoms with Crippen molar-refractivity contribution in [3.8, 4) is 34.5 Å². The number of benzene rings is 3. The van der Waals surface area contributed by atoms with E-state index in [0.717, 1.165) is 22.3 Å². The van der Waals surface area contributed by atoms with Crippen molar-refractivity contribution in [3.05, 3.63) is 70.8 Å². The SMILES string of the molecule is COc1ccc([C@H]2Oc3cc([C@H]4Oc5cc(C)cc(OC)c5C[C@@H]4O)ccc3O[C@@H]2CO)cc1OC. The topological polar surface area (TPSA) is 95.8 Å². The molecule has 0 fully saturated rings. The molecule has 5 rings (SSSR count). The lowest BCUT2D eigenvalue weighted by Crippen LogP contribution is -2.36. The molecule has 2 N–H and O–H groups in total. The molecule has 3 aromatic rings. The highest BCUT2D eigenvalue weighted by Crippen LogP contribution is 2.45. The van der Waals surface area contributed by atoms with Gasteiger partial charge in [0, 0.05) is 17.5 Å². The molecule has 0 aromatic heterocycles. The molecule has 190 valence electrons. The van der Waals surface area contributed by atoms with E-state index in [9.17, 15) is 10.2 Å². The summed E-state index contributed by atoms with van der Waals surface area (Å²) < 4.78 is 35.0. The third-order valence-electron chi connectivity index (χ3n) is 6.63. The van der Waals surface area contributed by atoms with Crippen LogP contribution in [0.25, 0.3) is 0 Å². The molecule has 0 saturated carbocycles. The molecular weight excluding hydrogens is 464 g/mol. The van der Waals surface area contributed by atoms with Crippen molar-refractivity contribution in [2.45, 2.75) is 37.8 Å². The van der Waals surface area contributed by atoms with Crippen LogP contribution in [-0.4, -0.2) is 50.4 Å². The summed E-state index contributed by atoms with van der Waals surface area (Å²) in [5.41, 5.74) is 3.39. The first-order valence-electron chi connectivity index (χ1n) is 11.8. The molecule has 0 radical (unpaired) electrons. The average molecular weight is 495 g/mol.